The molecule has 0 aliphatic heterocycles. The molecule has 2 nitrogen and oxygen atoms in total. The molecule has 0 saturated heterocycles. The fourth-order valence-corrected chi connectivity index (χ4v) is 1.24. The molecule has 0 fully saturated rings. The number of rotatable bonds is 4. The summed E-state index contributed by atoms with van der Waals surface area (Å²) in [7, 11) is 0. The minimum Gasteiger partial charge on any atom is -0.314 e. The molecular formula is C10H18N2+2. The van der Waals surface area contributed by atoms with Crippen LogP contribution in [0.25, 0.3) is 0 Å². The molecule has 1 aromatic rings. The van der Waals surface area contributed by atoms with Gasteiger partial charge in [0, 0.05) is 24.3 Å². The third-order valence-electron chi connectivity index (χ3n) is 1.82. The van der Waals surface area contributed by atoms with E-state index in [1.807, 2.05) is 0 Å². The average molecular weight is 166 g/mol. The lowest BCUT2D eigenvalue weighted by molar-refractivity contribution is -0.571. The monoisotopic (exact) mass is 166 g/mol. The maximum atomic E-state index is 2.23. The van der Waals surface area contributed by atoms with Gasteiger partial charge >= 0.3 is 0 Å². The molecule has 0 spiro atoms. The topological polar surface area (TPSA) is 33.2 Å². The highest BCUT2D eigenvalue weighted by molar-refractivity contribution is 5.38. The zero-order chi connectivity index (χ0) is 8.81. The van der Waals surface area contributed by atoms with Gasteiger partial charge < -0.3 is 10.6 Å². The summed E-state index contributed by atoms with van der Waals surface area (Å²) in [6.07, 6.45) is 0. The Bertz CT molecular complexity index is 191. The van der Waals surface area contributed by atoms with Crippen LogP contribution >= 0.6 is 0 Å². The molecular weight excluding hydrogens is 148 g/mol. The van der Waals surface area contributed by atoms with Gasteiger partial charge in [-0.2, -0.15) is 0 Å². The first-order valence-corrected chi connectivity index (χ1v) is 4.63. The van der Waals surface area contributed by atoms with Crippen molar-refractivity contribution in [3.63, 3.8) is 0 Å². The molecule has 1 rings (SSSR count). The maximum absolute atomic E-state index is 2.23. The normalized spacial score (nSPS) is 10.2. The molecule has 4 N–H and O–H groups in total. The second kappa shape index (κ2) is 4.91. The zero-order valence-corrected chi connectivity index (χ0v) is 7.88. The van der Waals surface area contributed by atoms with E-state index in [4.69, 9.17) is 0 Å². The van der Waals surface area contributed by atoms with Crippen LogP contribution in [0.3, 0.4) is 0 Å². The Morgan fingerprint density at radius 1 is 0.833 bits per heavy atom. The number of hydrogen-bond donors (Lipinski definition) is 2. The summed E-state index contributed by atoms with van der Waals surface area (Å²) < 4.78 is 0. The van der Waals surface area contributed by atoms with Gasteiger partial charge in [0.2, 0.25) is 0 Å². The van der Waals surface area contributed by atoms with Gasteiger partial charge in [0.15, 0.2) is 0 Å². The van der Waals surface area contributed by atoms with Crippen LogP contribution < -0.4 is 10.6 Å². The van der Waals surface area contributed by atoms with Crippen LogP contribution in [0, 0.1) is 0 Å². The van der Waals surface area contributed by atoms with Crippen molar-refractivity contribution in [3.05, 3.63) is 24.3 Å². The summed E-state index contributed by atoms with van der Waals surface area (Å²) >= 11 is 0. The maximum Gasteiger partial charge on any atom is 0.129 e. The van der Waals surface area contributed by atoms with Crippen molar-refractivity contribution >= 4 is 11.4 Å². The molecule has 0 radical (unpaired) electrons. The van der Waals surface area contributed by atoms with Crippen LogP contribution in [0.4, 0.5) is 11.4 Å². The quantitative estimate of drug-likeness (QED) is 0.596. The highest BCUT2D eigenvalue weighted by Crippen LogP contribution is 2.03. The van der Waals surface area contributed by atoms with Crippen LogP contribution in [-0.2, 0) is 0 Å². The van der Waals surface area contributed by atoms with Gasteiger partial charge in [0.25, 0.3) is 0 Å². The van der Waals surface area contributed by atoms with E-state index in [0.717, 1.165) is 13.1 Å². The van der Waals surface area contributed by atoms with Gasteiger partial charge in [-0.15, -0.1) is 0 Å². The lowest BCUT2D eigenvalue weighted by atomic mass is 10.3. The predicted octanol–water partition coefficient (Wildman–Crippen LogP) is 0.116. The van der Waals surface area contributed by atoms with Crippen LogP contribution in [0.5, 0.6) is 0 Å². The lowest BCUT2D eigenvalue weighted by Gasteiger charge is -1.98. The van der Waals surface area contributed by atoms with E-state index in [1.54, 1.807) is 0 Å². The molecule has 2 heteroatoms. The van der Waals surface area contributed by atoms with Crippen molar-refractivity contribution in [2.75, 3.05) is 13.1 Å². The Morgan fingerprint density at radius 2 is 1.17 bits per heavy atom. The Balaban J connectivity index is 2.58. The molecule has 0 amide bonds. The number of quaternary nitrogens is 2. The van der Waals surface area contributed by atoms with Crippen molar-refractivity contribution in [3.8, 4) is 0 Å². The van der Waals surface area contributed by atoms with Gasteiger partial charge in [-0.1, -0.05) is 0 Å². The Morgan fingerprint density at radius 3 is 1.42 bits per heavy atom. The summed E-state index contributed by atoms with van der Waals surface area (Å²) in [5.41, 5.74) is 2.65. The summed E-state index contributed by atoms with van der Waals surface area (Å²) in [4.78, 5) is 0. The Labute approximate surface area is 74.0 Å². The molecule has 0 aliphatic rings. The third kappa shape index (κ3) is 2.64. The van der Waals surface area contributed by atoms with Crippen LogP contribution in [0.15, 0.2) is 24.3 Å². The van der Waals surface area contributed by atoms with Crippen molar-refractivity contribution in [2.24, 2.45) is 0 Å². The molecule has 12 heavy (non-hydrogen) atoms. The van der Waals surface area contributed by atoms with Crippen LogP contribution in [0.1, 0.15) is 13.8 Å². The minimum absolute atomic E-state index is 1.11. The standard InChI is InChI=1S/C10H16N2/c1-3-11-9-5-7-10(8-6-9)12-4-2/h5-8,11-12H,3-4H2,1-2H3/p+2. The highest BCUT2D eigenvalue weighted by atomic mass is 14.9. The molecule has 0 heterocycles. The summed E-state index contributed by atoms with van der Waals surface area (Å²) in [5.74, 6) is 0. The second-order valence-corrected chi connectivity index (χ2v) is 2.89. The first-order chi connectivity index (χ1) is 5.86. The van der Waals surface area contributed by atoms with Crippen molar-refractivity contribution in [1.82, 2.24) is 0 Å². The van der Waals surface area contributed by atoms with Crippen LogP contribution in [0.2, 0.25) is 0 Å². The fraction of sp³-hybridized carbons (Fsp3) is 0.400. The molecule has 0 unspecified atom stereocenters. The first kappa shape index (κ1) is 9.23. The van der Waals surface area contributed by atoms with Gasteiger partial charge in [-0.3, -0.25) is 0 Å². The summed E-state index contributed by atoms with van der Waals surface area (Å²) in [5, 5.41) is 4.46. The van der Waals surface area contributed by atoms with Gasteiger partial charge in [-0.05, 0) is 13.8 Å². The number of hydrogen-bond acceptors (Lipinski definition) is 0. The van der Waals surface area contributed by atoms with Gasteiger partial charge in [-0.25, -0.2) is 0 Å². The third-order valence-corrected chi connectivity index (χ3v) is 1.82. The van der Waals surface area contributed by atoms with Crippen molar-refractivity contribution in [1.29, 1.82) is 0 Å². The number of benzene rings is 1. The second-order valence-electron chi connectivity index (χ2n) is 2.89. The average Bonchev–Trinajstić information content (AvgIpc) is 2.09. The fourth-order valence-electron chi connectivity index (χ4n) is 1.24. The molecule has 1 aromatic carbocycles. The van der Waals surface area contributed by atoms with Crippen molar-refractivity contribution in [2.45, 2.75) is 13.8 Å². The van der Waals surface area contributed by atoms with Crippen LogP contribution in [-0.4, -0.2) is 13.1 Å². The molecule has 0 bridgehead atoms. The van der Waals surface area contributed by atoms with E-state index in [0.29, 0.717) is 0 Å². The molecule has 0 atom stereocenters. The first-order valence-electron chi connectivity index (χ1n) is 4.63. The van der Waals surface area contributed by atoms with E-state index in [9.17, 15) is 0 Å². The molecule has 0 aromatic heterocycles. The van der Waals surface area contributed by atoms with E-state index in [1.165, 1.54) is 11.4 Å². The minimum atomic E-state index is 1.11. The largest absolute Gasteiger partial charge is 0.314 e. The SMILES string of the molecule is CC[NH2+]c1ccc([NH2+]CC)cc1. The van der Waals surface area contributed by atoms with E-state index >= 15 is 0 Å². The van der Waals surface area contributed by atoms with Gasteiger partial charge in [0.05, 0.1) is 13.1 Å². The molecule has 0 saturated carbocycles. The van der Waals surface area contributed by atoms with Crippen molar-refractivity contribution < 1.29 is 10.6 Å². The zero-order valence-electron chi connectivity index (χ0n) is 7.88. The van der Waals surface area contributed by atoms with Gasteiger partial charge in [0.1, 0.15) is 11.4 Å². The lowest BCUT2D eigenvalue weighted by Crippen LogP contribution is -2.78. The highest BCUT2D eigenvalue weighted by Gasteiger charge is 1.96. The molecule has 0 aliphatic carbocycles. The smallest absolute Gasteiger partial charge is 0.129 e. The summed E-state index contributed by atoms with van der Waals surface area (Å²) in [6.45, 7) is 6.53. The summed E-state index contributed by atoms with van der Waals surface area (Å²) in [6, 6.07) is 8.69. The van der Waals surface area contributed by atoms with E-state index in [-0.39, 0.29) is 0 Å². The predicted molar refractivity (Wildman–Crippen MR) is 50.7 cm³/mol. The van der Waals surface area contributed by atoms with E-state index < -0.39 is 0 Å². The van der Waals surface area contributed by atoms with E-state index in [2.05, 4.69) is 48.7 Å². The Kier molecular flexibility index (Phi) is 3.77. The number of nitrogens with two attached hydrogens (primary N) is 2. The molecule has 66 valence electrons. The Hall–Kier alpha value is -0.860.